The molecule has 480 valence electrons. The number of halogens is 1. The smallest absolute Gasteiger partial charge is 0.414 e. The summed E-state index contributed by atoms with van der Waals surface area (Å²) in [6.45, 7) is 11.5. The largest absolute Gasteiger partial charge is 0.491 e. The van der Waals surface area contributed by atoms with Gasteiger partial charge in [0, 0.05) is 84.3 Å². The maximum atomic E-state index is 12.3. The quantitative estimate of drug-likeness (QED) is 0.0583. The van der Waals surface area contributed by atoms with Gasteiger partial charge in [0.15, 0.2) is 12.6 Å². The van der Waals surface area contributed by atoms with Gasteiger partial charge in [0.05, 0.1) is 45.8 Å². The molecule has 2 saturated heterocycles. The summed E-state index contributed by atoms with van der Waals surface area (Å²) in [4.78, 5) is 28.2. The molecule has 0 bridgehead atoms. The highest BCUT2D eigenvalue weighted by atomic mass is 19.1. The van der Waals surface area contributed by atoms with E-state index in [-0.39, 0.29) is 37.5 Å². The van der Waals surface area contributed by atoms with Gasteiger partial charge < -0.3 is 53.6 Å². The second-order valence-electron chi connectivity index (χ2n) is 23.6. The Morgan fingerprint density at radius 2 is 0.945 bits per heavy atom. The number of aliphatic hydroxyl groups is 1. The number of fused-ring (bicyclic) bond motifs is 3. The fourth-order valence-electron chi connectivity index (χ4n) is 10.2. The molecule has 2 aliphatic heterocycles. The Hall–Kier alpha value is -8.45. The number of ether oxygens (including phenoxy) is 8. The van der Waals surface area contributed by atoms with Gasteiger partial charge in [-0.25, -0.2) is 24.1 Å². The highest BCUT2D eigenvalue weighted by Gasteiger charge is 2.23. The normalized spacial score (nSPS) is 15.8. The van der Waals surface area contributed by atoms with Crippen LogP contribution in [0.15, 0.2) is 164 Å². The molecule has 2 aliphatic rings. The minimum atomic E-state index is -1.10. The molecule has 91 heavy (non-hydrogen) atoms. The summed E-state index contributed by atoms with van der Waals surface area (Å²) in [5.41, 5.74) is 10.9. The van der Waals surface area contributed by atoms with Gasteiger partial charge in [-0.2, -0.15) is 0 Å². The molecule has 2 fully saturated rings. The predicted molar refractivity (Wildman–Crippen MR) is 361 cm³/mol. The number of nitrogens with one attached hydrogen (secondary N) is 2. The van der Waals surface area contributed by atoms with Gasteiger partial charge in [-0.05, 0) is 181 Å². The van der Waals surface area contributed by atoms with Crippen LogP contribution in [0.5, 0.6) is 17.2 Å². The summed E-state index contributed by atoms with van der Waals surface area (Å²) >= 11 is 0. The maximum Gasteiger partial charge on any atom is 0.414 e. The third-order valence-corrected chi connectivity index (χ3v) is 15.5. The third kappa shape index (κ3) is 19.8. The lowest BCUT2D eigenvalue weighted by Crippen LogP contribution is -2.34. The lowest BCUT2D eigenvalue weighted by Gasteiger charge is -2.27. The number of carbonyl (C=O) groups excluding carboxylic acids is 1. The van der Waals surface area contributed by atoms with Crippen LogP contribution >= 0.6 is 0 Å². The van der Waals surface area contributed by atoms with E-state index >= 15 is 0 Å². The lowest BCUT2D eigenvalue weighted by atomic mass is 10.1. The molecule has 6 aromatic carbocycles. The molecule has 0 saturated carbocycles. The van der Waals surface area contributed by atoms with E-state index in [0.717, 1.165) is 153 Å². The van der Waals surface area contributed by atoms with Crippen molar-refractivity contribution in [2.24, 2.45) is 0 Å². The zero-order chi connectivity index (χ0) is 64.1. The molecule has 0 spiro atoms. The Balaban J connectivity index is 0.000000165. The number of anilines is 3. The first-order valence-corrected chi connectivity index (χ1v) is 31.7. The van der Waals surface area contributed by atoms with Gasteiger partial charge in [0.1, 0.15) is 55.4 Å². The molecular weight excluding hydrogens is 1150 g/mol. The van der Waals surface area contributed by atoms with Crippen molar-refractivity contribution >= 4 is 55.9 Å². The van der Waals surface area contributed by atoms with Crippen LogP contribution in [0.4, 0.5) is 26.2 Å². The minimum Gasteiger partial charge on any atom is -0.491 e. The van der Waals surface area contributed by atoms with Crippen molar-refractivity contribution in [3.05, 3.63) is 164 Å². The number of alkyl halides is 1. The SMILES string of the molecule is CC[C@H](COc1ccc2nc(-c3ccc(N(C)C(=O)OC(C)(C)C)cc3)ccc2c1)OC1CCCCO1.CC[C@H](COc1ccc2nc(-c3ccc(NC)cc3)ccc2c1)OC1CCCCO1.CNc1ccc(-c2ccc3cc(OC[C@H](O)CF)ccc3n2)cc1. The molecule has 0 radical (unpaired) electrons. The Morgan fingerprint density at radius 1 is 0.560 bits per heavy atom. The van der Waals surface area contributed by atoms with Gasteiger partial charge in [0.25, 0.3) is 0 Å². The number of rotatable bonds is 22. The van der Waals surface area contributed by atoms with Crippen LogP contribution in [0, 0.1) is 0 Å². The first kappa shape index (κ1) is 67.0. The van der Waals surface area contributed by atoms with Gasteiger partial charge >= 0.3 is 6.09 Å². The van der Waals surface area contributed by atoms with E-state index in [9.17, 15) is 14.3 Å². The topological polar surface area (TPSA) is 177 Å². The molecule has 0 aliphatic carbocycles. The minimum absolute atomic E-state index is 0.00312. The Morgan fingerprint density at radius 3 is 1.29 bits per heavy atom. The highest BCUT2D eigenvalue weighted by Crippen LogP contribution is 2.31. The van der Waals surface area contributed by atoms with Crippen LogP contribution < -0.4 is 29.7 Å². The number of hydrogen-bond acceptors (Lipinski definition) is 15. The Kier molecular flexibility index (Phi) is 24.3. The molecule has 5 heterocycles. The molecule has 17 heteroatoms. The monoisotopic (exact) mass is 1240 g/mol. The molecule has 11 rings (SSSR count). The van der Waals surface area contributed by atoms with E-state index < -0.39 is 18.4 Å². The number of pyridine rings is 3. The zero-order valence-electron chi connectivity index (χ0n) is 53.7. The first-order valence-electron chi connectivity index (χ1n) is 31.7. The van der Waals surface area contributed by atoms with Crippen molar-refractivity contribution in [2.45, 2.75) is 122 Å². The summed E-state index contributed by atoms with van der Waals surface area (Å²) in [6, 6.07) is 53.6. The molecule has 5 atom stereocenters. The van der Waals surface area contributed by atoms with Crippen molar-refractivity contribution < 1.29 is 52.2 Å². The number of nitrogens with zero attached hydrogens (tertiary/aromatic N) is 4. The number of carbonyl (C=O) groups is 1. The van der Waals surface area contributed by atoms with Crippen molar-refractivity contribution in [1.82, 2.24) is 15.0 Å². The fourth-order valence-corrected chi connectivity index (χ4v) is 10.2. The van der Waals surface area contributed by atoms with E-state index in [0.29, 0.717) is 19.0 Å². The van der Waals surface area contributed by atoms with Crippen LogP contribution in [0.1, 0.15) is 86.0 Å². The van der Waals surface area contributed by atoms with Crippen molar-refractivity contribution in [3.63, 3.8) is 0 Å². The molecule has 2 unspecified atom stereocenters. The predicted octanol–water partition coefficient (Wildman–Crippen LogP) is 16.3. The average molecular weight is 1240 g/mol. The third-order valence-electron chi connectivity index (χ3n) is 15.5. The van der Waals surface area contributed by atoms with E-state index in [2.05, 4.69) is 71.9 Å². The number of benzene rings is 6. The molecule has 3 aromatic heterocycles. The second kappa shape index (κ2) is 33.0. The van der Waals surface area contributed by atoms with Crippen LogP contribution in [0.2, 0.25) is 0 Å². The zero-order valence-corrected chi connectivity index (χ0v) is 53.7. The van der Waals surface area contributed by atoms with Gasteiger partial charge in [-0.3, -0.25) is 4.90 Å². The van der Waals surface area contributed by atoms with Crippen LogP contribution in [-0.2, 0) is 23.7 Å². The molecule has 3 N–H and O–H groups in total. The van der Waals surface area contributed by atoms with E-state index in [1.165, 1.54) is 11.3 Å². The summed E-state index contributed by atoms with van der Waals surface area (Å²) in [5.74, 6) is 2.22. The van der Waals surface area contributed by atoms with Crippen molar-refractivity contribution in [1.29, 1.82) is 0 Å². The van der Waals surface area contributed by atoms with Gasteiger partial charge in [-0.15, -0.1) is 0 Å². The van der Waals surface area contributed by atoms with E-state index in [4.69, 9.17) is 47.9 Å². The van der Waals surface area contributed by atoms with Crippen LogP contribution in [0.25, 0.3) is 66.5 Å². The van der Waals surface area contributed by atoms with Gasteiger partial charge in [-0.1, -0.05) is 68.4 Å². The van der Waals surface area contributed by atoms with Crippen LogP contribution in [0.3, 0.4) is 0 Å². The average Bonchev–Trinajstić information content (AvgIpc) is 3.51. The summed E-state index contributed by atoms with van der Waals surface area (Å²) < 4.78 is 58.7. The van der Waals surface area contributed by atoms with Crippen molar-refractivity contribution in [3.8, 4) is 51.0 Å². The number of aromatic nitrogens is 3. The standard InChI is InChI=1S/C30H38N2O5.C25H30N2O3.C19H19FN2O2/c1-6-24(36-28-9-7-8-18-34-28)20-35-25-15-17-27-22(19-25)12-16-26(31-27)21-10-13-23(14-11-21)32(5)29(33)37-30(2,3)4;1-3-21(30-25-6-4-5-15-28-25)17-29-22-12-14-24-19(16-22)9-13-23(27-24)18-7-10-20(26-2)11-8-18;1-21-15-5-2-13(3-6-15)18-8-4-14-10-17(7-9-19(14)22-18)24-12-16(23)11-20/h10-17,19,24,28H,6-9,18,20H2,1-5H3;7-14,16,21,25-26H,3-6,15,17H2,1-2H3;2-10,16,21,23H,11-12H2,1H3/t24-,28?;21-,25?;16-/m111/s1. The fraction of sp³-hybridized carbons (Fsp3) is 0.378. The number of hydrogen-bond donors (Lipinski definition) is 3. The molecule has 9 aromatic rings. The maximum absolute atomic E-state index is 12.3. The number of aliphatic hydroxyl groups excluding tert-OH is 1. The van der Waals surface area contributed by atoms with Crippen molar-refractivity contribution in [2.75, 3.05) is 76.4 Å². The van der Waals surface area contributed by atoms with Crippen LogP contribution in [-0.4, -0.2) is 123 Å². The van der Waals surface area contributed by atoms with Gasteiger partial charge in [0.2, 0.25) is 0 Å². The molecular formula is C74H87FN6O10. The summed E-state index contributed by atoms with van der Waals surface area (Å²) in [6.07, 6.45) is 6.57. The Bertz CT molecular complexity index is 3730. The summed E-state index contributed by atoms with van der Waals surface area (Å²) in [7, 11) is 5.51. The second-order valence-corrected chi connectivity index (χ2v) is 23.6. The number of amides is 1. The summed E-state index contributed by atoms with van der Waals surface area (Å²) in [5, 5.41) is 18.4. The molecule has 1 amide bonds. The first-order chi connectivity index (χ1) is 44.1. The van der Waals surface area contributed by atoms with E-state index in [1.54, 1.807) is 13.1 Å². The lowest BCUT2D eigenvalue weighted by molar-refractivity contribution is -0.193. The Labute approximate surface area is 534 Å². The van der Waals surface area contributed by atoms with E-state index in [1.807, 2.05) is 150 Å². The highest BCUT2D eigenvalue weighted by molar-refractivity contribution is 5.88. The molecule has 16 nitrogen and oxygen atoms in total.